The molecule has 1 atom stereocenters. The molecule has 0 radical (unpaired) electrons. The van der Waals surface area contributed by atoms with Crippen molar-refractivity contribution in [2.24, 2.45) is 0 Å². The highest BCUT2D eigenvalue weighted by Gasteiger charge is 2.11. The van der Waals surface area contributed by atoms with Crippen molar-refractivity contribution >= 4 is 21.8 Å². The Hall–Kier alpha value is -1.59. The summed E-state index contributed by atoms with van der Waals surface area (Å²) in [4.78, 5) is 11.7. The van der Waals surface area contributed by atoms with Crippen molar-refractivity contribution in [2.75, 3.05) is 6.54 Å². The second kappa shape index (κ2) is 6.54. The number of aliphatic hydroxyl groups is 1. The number of carbonyl (C=O) groups is 1. The zero-order chi connectivity index (χ0) is 13.7. The Morgan fingerprint density at radius 1 is 1.26 bits per heavy atom. The molecule has 0 aliphatic rings. The molecule has 2 rings (SSSR count). The minimum atomic E-state index is -0.579. The normalized spacial score (nSPS) is 12.1. The number of nitrogens with one attached hydrogen (secondary N) is 1. The van der Waals surface area contributed by atoms with Gasteiger partial charge < -0.3 is 14.8 Å². The van der Waals surface area contributed by atoms with Gasteiger partial charge in [-0.15, -0.1) is 0 Å². The third-order valence-electron chi connectivity index (χ3n) is 2.68. The fourth-order valence-corrected chi connectivity index (χ4v) is 1.99. The summed E-state index contributed by atoms with van der Waals surface area (Å²) < 4.78 is 5.65. The van der Waals surface area contributed by atoms with Crippen LogP contribution < -0.4 is 5.32 Å². The molecule has 0 fully saturated rings. The van der Waals surface area contributed by atoms with Crippen LogP contribution in [0.3, 0.4) is 0 Å². The monoisotopic (exact) mass is 323 g/mol. The van der Waals surface area contributed by atoms with Gasteiger partial charge in [-0.3, -0.25) is 4.79 Å². The lowest BCUT2D eigenvalue weighted by Crippen LogP contribution is -2.25. The largest absolute Gasteiger partial charge is 0.444 e. The van der Waals surface area contributed by atoms with Gasteiger partial charge in [0.2, 0.25) is 0 Å². The number of amides is 1. The highest BCUT2D eigenvalue weighted by molar-refractivity contribution is 9.10. The van der Waals surface area contributed by atoms with Crippen molar-refractivity contribution in [3.05, 3.63) is 58.5 Å². The van der Waals surface area contributed by atoms with E-state index in [1.54, 1.807) is 12.1 Å². The first kappa shape index (κ1) is 13.8. The Morgan fingerprint density at radius 2 is 2.00 bits per heavy atom. The van der Waals surface area contributed by atoms with Gasteiger partial charge in [-0.05, 0) is 40.0 Å². The van der Waals surface area contributed by atoms with Crippen LogP contribution in [-0.4, -0.2) is 17.6 Å². The van der Waals surface area contributed by atoms with E-state index in [1.807, 2.05) is 30.3 Å². The maximum Gasteiger partial charge on any atom is 0.287 e. The summed E-state index contributed by atoms with van der Waals surface area (Å²) in [5, 5.41) is 12.6. The van der Waals surface area contributed by atoms with Crippen LogP contribution in [0.25, 0.3) is 0 Å². The van der Waals surface area contributed by atoms with E-state index >= 15 is 0 Å². The summed E-state index contributed by atoms with van der Waals surface area (Å²) in [6, 6.07) is 12.6. The number of hydrogen-bond acceptors (Lipinski definition) is 3. The number of aliphatic hydroxyl groups excluding tert-OH is 1. The van der Waals surface area contributed by atoms with Gasteiger partial charge >= 0.3 is 0 Å². The van der Waals surface area contributed by atoms with Crippen LogP contribution in [0.5, 0.6) is 0 Å². The molecular formula is C14H14BrNO3. The predicted molar refractivity (Wildman–Crippen MR) is 74.8 cm³/mol. The Bertz CT molecular complexity index is 539. The molecule has 1 amide bonds. The van der Waals surface area contributed by atoms with Crippen LogP contribution in [-0.2, 0) is 0 Å². The average molecular weight is 324 g/mol. The van der Waals surface area contributed by atoms with Crippen LogP contribution in [0.4, 0.5) is 0 Å². The van der Waals surface area contributed by atoms with Gasteiger partial charge in [-0.2, -0.15) is 0 Å². The van der Waals surface area contributed by atoms with E-state index in [1.165, 1.54) is 0 Å². The first-order valence-electron chi connectivity index (χ1n) is 5.93. The van der Waals surface area contributed by atoms with Crippen LogP contribution in [0, 0.1) is 0 Å². The van der Waals surface area contributed by atoms with Crippen LogP contribution in [0.15, 0.2) is 51.6 Å². The predicted octanol–water partition coefficient (Wildman–Crippen LogP) is 2.90. The van der Waals surface area contributed by atoms with Crippen LogP contribution in [0.2, 0.25) is 0 Å². The molecular weight excluding hydrogens is 310 g/mol. The molecule has 1 aromatic heterocycles. The Balaban J connectivity index is 1.79. The Kier molecular flexibility index (Phi) is 4.76. The summed E-state index contributed by atoms with van der Waals surface area (Å²) in [6.07, 6.45) is -0.123. The lowest BCUT2D eigenvalue weighted by molar-refractivity contribution is 0.0914. The number of furan rings is 1. The SMILES string of the molecule is O=C(NCCC(O)c1ccccc1)c1ccc(Br)o1. The van der Waals surface area contributed by atoms with Gasteiger partial charge in [0.15, 0.2) is 10.4 Å². The standard InChI is InChI=1S/C14H14BrNO3/c15-13-7-6-12(19-13)14(18)16-9-8-11(17)10-4-2-1-3-5-10/h1-7,11,17H,8-9H2,(H,16,18). The van der Waals surface area contributed by atoms with Gasteiger partial charge in [0.05, 0.1) is 6.10 Å². The molecule has 1 aromatic carbocycles. The average Bonchev–Trinajstić information content (AvgIpc) is 2.86. The summed E-state index contributed by atoms with van der Waals surface area (Å²) >= 11 is 3.14. The van der Waals surface area contributed by atoms with Crippen LogP contribution >= 0.6 is 15.9 Å². The molecule has 0 saturated carbocycles. The lowest BCUT2D eigenvalue weighted by Gasteiger charge is -2.10. The zero-order valence-corrected chi connectivity index (χ0v) is 11.8. The van der Waals surface area contributed by atoms with Crippen molar-refractivity contribution in [3.8, 4) is 0 Å². The molecule has 4 nitrogen and oxygen atoms in total. The summed E-state index contributed by atoms with van der Waals surface area (Å²) in [5.74, 6) is -0.0352. The second-order valence-corrected chi connectivity index (χ2v) is 4.86. The molecule has 2 aromatic rings. The fraction of sp³-hybridized carbons (Fsp3) is 0.214. The molecule has 0 saturated heterocycles. The topological polar surface area (TPSA) is 62.5 Å². The molecule has 0 bridgehead atoms. The minimum absolute atomic E-state index is 0.251. The van der Waals surface area contributed by atoms with E-state index < -0.39 is 6.10 Å². The van der Waals surface area contributed by atoms with Gasteiger partial charge in [0.25, 0.3) is 5.91 Å². The maximum atomic E-state index is 11.7. The molecule has 0 spiro atoms. The van der Waals surface area contributed by atoms with E-state index in [9.17, 15) is 9.90 Å². The molecule has 2 N–H and O–H groups in total. The molecule has 0 aliphatic carbocycles. The Labute approximate surface area is 119 Å². The first-order chi connectivity index (χ1) is 9.16. The molecule has 100 valence electrons. The summed E-state index contributed by atoms with van der Waals surface area (Å²) in [7, 11) is 0. The van der Waals surface area contributed by atoms with Gasteiger partial charge in [-0.25, -0.2) is 0 Å². The van der Waals surface area contributed by atoms with Gasteiger partial charge in [0, 0.05) is 6.54 Å². The first-order valence-corrected chi connectivity index (χ1v) is 6.72. The lowest BCUT2D eigenvalue weighted by atomic mass is 10.1. The molecule has 0 aliphatic heterocycles. The third-order valence-corrected chi connectivity index (χ3v) is 3.11. The minimum Gasteiger partial charge on any atom is -0.444 e. The molecule has 5 heteroatoms. The fourth-order valence-electron chi connectivity index (χ4n) is 1.69. The Morgan fingerprint density at radius 3 is 2.63 bits per heavy atom. The highest BCUT2D eigenvalue weighted by Crippen LogP contribution is 2.16. The van der Waals surface area contributed by atoms with Gasteiger partial charge in [0.1, 0.15) is 0 Å². The maximum absolute atomic E-state index is 11.7. The van der Waals surface area contributed by atoms with E-state index in [2.05, 4.69) is 21.2 Å². The smallest absolute Gasteiger partial charge is 0.287 e. The number of benzene rings is 1. The molecule has 1 heterocycles. The van der Waals surface area contributed by atoms with Crippen molar-refractivity contribution < 1.29 is 14.3 Å². The van der Waals surface area contributed by atoms with Crippen molar-refractivity contribution in [1.29, 1.82) is 0 Å². The number of halogens is 1. The second-order valence-electron chi connectivity index (χ2n) is 4.07. The van der Waals surface area contributed by atoms with E-state index in [0.717, 1.165) is 5.56 Å². The van der Waals surface area contributed by atoms with E-state index in [4.69, 9.17) is 4.42 Å². The third kappa shape index (κ3) is 3.94. The van der Waals surface area contributed by atoms with Gasteiger partial charge in [-0.1, -0.05) is 30.3 Å². The quantitative estimate of drug-likeness (QED) is 0.889. The van der Waals surface area contributed by atoms with Crippen molar-refractivity contribution in [2.45, 2.75) is 12.5 Å². The zero-order valence-electron chi connectivity index (χ0n) is 10.2. The molecule has 19 heavy (non-hydrogen) atoms. The number of rotatable bonds is 5. The van der Waals surface area contributed by atoms with Crippen molar-refractivity contribution in [1.82, 2.24) is 5.32 Å². The van der Waals surface area contributed by atoms with Crippen LogP contribution in [0.1, 0.15) is 28.6 Å². The number of carbonyl (C=O) groups excluding carboxylic acids is 1. The highest BCUT2D eigenvalue weighted by atomic mass is 79.9. The number of hydrogen-bond donors (Lipinski definition) is 2. The summed E-state index contributed by atoms with van der Waals surface area (Å²) in [6.45, 7) is 0.382. The van der Waals surface area contributed by atoms with E-state index in [0.29, 0.717) is 17.6 Å². The van der Waals surface area contributed by atoms with Crippen molar-refractivity contribution in [3.63, 3.8) is 0 Å². The molecule has 1 unspecified atom stereocenters. The summed E-state index contributed by atoms with van der Waals surface area (Å²) in [5.41, 5.74) is 0.845. The van der Waals surface area contributed by atoms with E-state index in [-0.39, 0.29) is 11.7 Å².